The van der Waals surface area contributed by atoms with Crippen LogP contribution in [0.2, 0.25) is 0 Å². The van der Waals surface area contributed by atoms with Crippen LogP contribution in [-0.4, -0.2) is 0 Å². The van der Waals surface area contributed by atoms with Crippen LogP contribution in [0.4, 0.5) is 22.0 Å². The molecule has 0 heterocycles. The lowest BCUT2D eigenvalue weighted by Crippen LogP contribution is -2.06. The molecule has 0 amide bonds. The number of benzene rings is 1. The van der Waals surface area contributed by atoms with Gasteiger partial charge in [0.25, 0.3) is 0 Å². The molecule has 4 nitrogen and oxygen atoms in total. The van der Waals surface area contributed by atoms with E-state index in [1.807, 2.05) is 0 Å². The first-order valence-electron chi connectivity index (χ1n) is 3.69. The summed E-state index contributed by atoms with van der Waals surface area (Å²) in [6.45, 7) is 0. The van der Waals surface area contributed by atoms with Crippen LogP contribution in [0, 0.1) is 29.1 Å². The van der Waals surface area contributed by atoms with Gasteiger partial charge in [-0.2, -0.15) is 16.9 Å². The molecule has 0 aliphatic rings. The van der Waals surface area contributed by atoms with E-state index in [-0.39, 0.29) is 0 Å². The summed E-state index contributed by atoms with van der Waals surface area (Å²) in [5, 5.41) is 0. The van der Waals surface area contributed by atoms with Gasteiger partial charge < -0.3 is 4.52 Å². The highest BCUT2D eigenvalue weighted by Gasteiger charge is 2.36. The average molecular weight is 333 g/mol. The van der Waals surface area contributed by atoms with Crippen molar-refractivity contribution in [3.63, 3.8) is 0 Å². The first kappa shape index (κ1) is 15.5. The van der Waals surface area contributed by atoms with E-state index in [1.165, 1.54) is 0 Å². The summed E-state index contributed by atoms with van der Waals surface area (Å²) in [5.41, 5.74) is 0. The highest BCUT2D eigenvalue weighted by atomic mass is 35.5. The molecule has 18 heavy (non-hydrogen) atoms. The Labute approximate surface area is 106 Å². The molecule has 1 aromatic rings. The Morgan fingerprint density at radius 2 is 1.11 bits per heavy atom. The summed E-state index contributed by atoms with van der Waals surface area (Å²) in [6, 6.07) is 0. The molecule has 1 rings (SSSR count). The Balaban J connectivity index is 3.39. The summed E-state index contributed by atoms with van der Waals surface area (Å²) in [6.07, 6.45) is 0. The molecule has 0 atom stereocenters. The van der Waals surface area contributed by atoms with Crippen molar-refractivity contribution < 1.29 is 39.2 Å². The summed E-state index contributed by atoms with van der Waals surface area (Å²) in [7, 11) is -4.92. The van der Waals surface area contributed by atoms with Crippen molar-refractivity contribution in [2.45, 2.75) is 0 Å². The monoisotopic (exact) mass is 332 g/mol. The Bertz CT molecular complexity index is 490. The van der Waals surface area contributed by atoms with Crippen molar-refractivity contribution in [3.8, 4) is 5.75 Å². The molecule has 0 aromatic heterocycles. The van der Waals surface area contributed by atoms with Gasteiger partial charge in [-0.1, -0.05) is 0 Å². The van der Waals surface area contributed by atoms with E-state index in [2.05, 4.69) is 36.4 Å². The minimum atomic E-state index is -4.92. The lowest BCUT2D eigenvalue weighted by atomic mass is 10.3. The van der Waals surface area contributed by atoms with Gasteiger partial charge in [-0.3, -0.25) is 0 Å². The zero-order valence-electron chi connectivity index (χ0n) is 7.73. The molecule has 1 aromatic carbocycles. The van der Waals surface area contributed by atoms with Gasteiger partial charge in [-0.05, 0) is 0 Å². The Kier molecular flexibility index (Phi) is 4.79. The lowest BCUT2D eigenvalue weighted by molar-refractivity contribution is 0.289. The van der Waals surface area contributed by atoms with E-state index < -0.39 is 42.7 Å². The van der Waals surface area contributed by atoms with Gasteiger partial charge in [0.2, 0.25) is 34.8 Å². The number of hydrogen-bond acceptors (Lipinski definition) is 4. The predicted molar refractivity (Wildman–Crippen MR) is 48.3 cm³/mol. The van der Waals surface area contributed by atoms with E-state index in [1.54, 1.807) is 0 Å². The van der Waals surface area contributed by atoms with Crippen LogP contribution in [0.3, 0.4) is 0 Å². The fourth-order valence-corrected chi connectivity index (χ4v) is 1.70. The Hall–Kier alpha value is -0.600. The highest BCUT2D eigenvalue weighted by Crippen LogP contribution is 2.53. The van der Waals surface area contributed by atoms with E-state index in [0.29, 0.717) is 0 Å². The summed E-state index contributed by atoms with van der Waals surface area (Å²) < 4.78 is 86.1. The maximum atomic E-state index is 13.0. The predicted octanol–water partition coefficient (Wildman–Crippen LogP) is 4.21. The molecule has 0 saturated heterocycles. The zero-order chi connectivity index (χ0) is 14.1. The van der Waals surface area contributed by atoms with Crippen molar-refractivity contribution in [2.75, 3.05) is 0 Å². The van der Waals surface area contributed by atoms with Gasteiger partial charge >= 0.3 is 7.82 Å². The molecule has 0 aliphatic carbocycles. The molecule has 0 spiro atoms. The maximum Gasteiger partial charge on any atom is 0.563 e. The topological polar surface area (TPSA) is 44.8 Å². The molecule has 12 heteroatoms. The van der Waals surface area contributed by atoms with Crippen LogP contribution in [0.5, 0.6) is 5.75 Å². The normalized spacial score (nSPS) is 11.7. The summed E-state index contributed by atoms with van der Waals surface area (Å²) in [4.78, 5) is 0. The molecule has 0 unspecified atom stereocenters. The summed E-state index contributed by atoms with van der Waals surface area (Å²) in [5.74, 6) is -13.8. The van der Waals surface area contributed by atoms with Gasteiger partial charge in [0.1, 0.15) is 0 Å². The third-order valence-corrected chi connectivity index (χ3v) is 3.30. The van der Waals surface area contributed by atoms with E-state index in [4.69, 9.17) is 0 Å². The SMILES string of the molecule is O=P(OCl)(OCl)Oc1c(F)c(F)c(F)c(F)c1F. The van der Waals surface area contributed by atoms with Crippen molar-refractivity contribution in [1.82, 2.24) is 0 Å². The van der Waals surface area contributed by atoms with Crippen molar-refractivity contribution in [2.24, 2.45) is 0 Å². The smallest absolute Gasteiger partial charge is 0.396 e. The molecule has 0 bridgehead atoms. The number of rotatable bonds is 4. The van der Waals surface area contributed by atoms with Crippen LogP contribution in [0.1, 0.15) is 0 Å². The van der Waals surface area contributed by atoms with Crippen molar-refractivity contribution in [1.29, 1.82) is 0 Å². The first-order valence-corrected chi connectivity index (χ1v) is 5.77. The minimum Gasteiger partial charge on any atom is -0.396 e. The Morgan fingerprint density at radius 1 is 0.778 bits per heavy atom. The van der Waals surface area contributed by atoms with Gasteiger partial charge in [0.15, 0.2) is 0 Å². The van der Waals surface area contributed by atoms with Crippen LogP contribution < -0.4 is 4.52 Å². The second-order valence-electron chi connectivity index (χ2n) is 2.58. The molecule has 0 N–H and O–H groups in total. The largest absolute Gasteiger partial charge is 0.563 e. The van der Waals surface area contributed by atoms with Gasteiger partial charge in [0.05, 0.1) is 23.7 Å². The average Bonchev–Trinajstić information content (AvgIpc) is 2.39. The molecule has 102 valence electrons. The minimum absolute atomic E-state index is 1.91. The first-order chi connectivity index (χ1) is 8.27. The fraction of sp³-hybridized carbons (Fsp3) is 0. The lowest BCUT2D eigenvalue weighted by Gasteiger charge is -2.12. The van der Waals surface area contributed by atoms with Crippen LogP contribution in [0.25, 0.3) is 0 Å². The third-order valence-electron chi connectivity index (χ3n) is 1.54. The molecule has 0 radical (unpaired) electrons. The Morgan fingerprint density at radius 3 is 1.44 bits per heavy atom. The van der Waals surface area contributed by atoms with Crippen LogP contribution >= 0.6 is 31.6 Å². The summed E-state index contributed by atoms with van der Waals surface area (Å²) >= 11 is 9.14. The van der Waals surface area contributed by atoms with Gasteiger partial charge in [0, 0.05) is 0 Å². The van der Waals surface area contributed by atoms with Crippen molar-refractivity contribution >= 4 is 31.6 Å². The van der Waals surface area contributed by atoms with Gasteiger partial charge in [-0.15, -0.1) is 0 Å². The van der Waals surface area contributed by atoms with Gasteiger partial charge in [-0.25, -0.2) is 17.7 Å². The molecule has 0 saturated carbocycles. The van der Waals surface area contributed by atoms with E-state index in [9.17, 15) is 26.5 Å². The van der Waals surface area contributed by atoms with Crippen LogP contribution in [0.15, 0.2) is 0 Å². The van der Waals surface area contributed by atoms with Crippen molar-refractivity contribution in [3.05, 3.63) is 29.1 Å². The van der Waals surface area contributed by atoms with Crippen LogP contribution in [-0.2, 0) is 12.7 Å². The molecular formula is C6Cl2F5O4P. The molecule has 0 fully saturated rings. The maximum absolute atomic E-state index is 13.0. The number of hydrogen-bond donors (Lipinski definition) is 0. The third kappa shape index (κ3) is 2.70. The highest BCUT2D eigenvalue weighted by molar-refractivity contribution is 7.50. The molecule has 0 aliphatic heterocycles. The second-order valence-corrected chi connectivity index (χ2v) is 4.76. The number of phosphoric acid groups is 1. The zero-order valence-corrected chi connectivity index (χ0v) is 10.1. The van der Waals surface area contributed by atoms with E-state index >= 15 is 0 Å². The molecular weight excluding hydrogens is 333 g/mol. The second kappa shape index (κ2) is 5.58. The fourth-order valence-electron chi connectivity index (χ4n) is 0.816. The van der Waals surface area contributed by atoms with E-state index in [0.717, 1.165) is 0 Å². The number of halogens is 7. The standard InChI is InChI=1S/C6Cl2F5O4P/c7-16-18(14,17-8)15-6-4(12)2(10)1(9)3(11)5(6)13. The quantitative estimate of drug-likeness (QED) is 0.358.